The van der Waals surface area contributed by atoms with E-state index in [1.54, 1.807) is 31.3 Å². The molecule has 18 heavy (non-hydrogen) atoms. The lowest BCUT2D eigenvalue weighted by atomic mass is 10.2. The van der Waals surface area contributed by atoms with Crippen LogP contribution in [0.5, 0.6) is 0 Å². The van der Waals surface area contributed by atoms with Crippen molar-refractivity contribution in [3.05, 3.63) is 52.4 Å². The lowest BCUT2D eigenvalue weighted by molar-refractivity contribution is 0.619. The number of nitrogens with zero attached hydrogens (tertiary/aromatic N) is 2. The van der Waals surface area contributed by atoms with E-state index >= 15 is 0 Å². The molecule has 0 aliphatic carbocycles. The minimum Gasteiger partial charge on any atom is -0.338 e. The summed E-state index contributed by atoms with van der Waals surface area (Å²) in [6.07, 6.45) is 1.56. The van der Waals surface area contributed by atoms with Crippen molar-refractivity contribution in [2.45, 2.75) is 6.92 Å². The topological polar surface area (TPSA) is 48.7 Å². The summed E-state index contributed by atoms with van der Waals surface area (Å²) in [6, 6.07) is 8.13. The second kappa shape index (κ2) is 5.03. The second-order valence-corrected chi connectivity index (χ2v) is 4.12. The molecule has 0 amide bonds. The van der Waals surface area contributed by atoms with Gasteiger partial charge in [0.15, 0.2) is 0 Å². The van der Waals surface area contributed by atoms with E-state index < -0.39 is 0 Å². The summed E-state index contributed by atoms with van der Waals surface area (Å²) >= 11 is 5.93. The summed E-state index contributed by atoms with van der Waals surface area (Å²) in [4.78, 5) is 4.05. The van der Waals surface area contributed by atoms with Crippen LogP contribution in [-0.4, -0.2) is 4.98 Å². The van der Waals surface area contributed by atoms with Gasteiger partial charge in [-0.2, -0.15) is 5.26 Å². The number of benzene rings is 1. The van der Waals surface area contributed by atoms with Crippen molar-refractivity contribution >= 4 is 23.1 Å². The maximum atomic E-state index is 13.3. The van der Waals surface area contributed by atoms with Gasteiger partial charge in [-0.15, -0.1) is 0 Å². The van der Waals surface area contributed by atoms with Gasteiger partial charge in [-0.1, -0.05) is 11.6 Å². The molecule has 2 rings (SSSR count). The maximum absolute atomic E-state index is 13.3. The Balaban J connectivity index is 2.41. The van der Waals surface area contributed by atoms with Crippen molar-refractivity contribution in [1.82, 2.24) is 4.98 Å². The predicted molar refractivity (Wildman–Crippen MR) is 68.4 cm³/mol. The number of nitriles is 1. The fourth-order valence-corrected chi connectivity index (χ4v) is 1.67. The van der Waals surface area contributed by atoms with Crippen LogP contribution in [0.3, 0.4) is 0 Å². The molecule has 0 saturated carbocycles. The van der Waals surface area contributed by atoms with Gasteiger partial charge in [0.25, 0.3) is 0 Å². The van der Waals surface area contributed by atoms with Gasteiger partial charge in [-0.05, 0) is 36.8 Å². The molecule has 90 valence electrons. The summed E-state index contributed by atoms with van der Waals surface area (Å²) in [5, 5.41) is 12.1. The number of anilines is 2. The molecule has 1 heterocycles. The molecule has 0 saturated heterocycles. The van der Waals surface area contributed by atoms with E-state index in [9.17, 15) is 4.39 Å². The molecule has 0 fully saturated rings. The highest BCUT2D eigenvalue weighted by molar-refractivity contribution is 6.33. The third kappa shape index (κ3) is 2.41. The quantitative estimate of drug-likeness (QED) is 0.895. The van der Waals surface area contributed by atoms with E-state index in [-0.39, 0.29) is 10.8 Å². The molecule has 2 aromatic rings. The van der Waals surface area contributed by atoms with E-state index in [1.807, 2.05) is 6.07 Å². The van der Waals surface area contributed by atoms with Gasteiger partial charge in [-0.3, -0.25) is 0 Å². The zero-order valence-electron chi connectivity index (χ0n) is 9.54. The van der Waals surface area contributed by atoms with Crippen LogP contribution >= 0.6 is 11.6 Å². The number of aromatic nitrogens is 1. The van der Waals surface area contributed by atoms with Gasteiger partial charge in [0.2, 0.25) is 0 Å². The van der Waals surface area contributed by atoms with Gasteiger partial charge in [0.05, 0.1) is 16.3 Å². The Morgan fingerprint density at radius 3 is 2.94 bits per heavy atom. The molecule has 0 spiro atoms. The molecule has 0 bridgehead atoms. The minimum atomic E-state index is -0.368. The van der Waals surface area contributed by atoms with Gasteiger partial charge >= 0.3 is 0 Å². The highest BCUT2D eigenvalue weighted by Crippen LogP contribution is 2.28. The lowest BCUT2D eigenvalue weighted by Crippen LogP contribution is -1.98. The number of rotatable bonds is 2. The van der Waals surface area contributed by atoms with Crippen LogP contribution in [0.15, 0.2) is 30.5 Å². The highest BCUT2D eigenvalue weighted by Gasteiger charge is 2.08. The summed E-state index contributed by atoms with van der Waals surface area (Å²) in [6.45, 7) is 1.64. The summed E-state index contributed by atoms with van der Waals surface area (Å²) in [5.74, 6) is 0.0278. The van der Waals surface area contributed by atoms with Crippen molar-refractivity contribution in [2.24, 2.45) is 0 Å². The smallest absolute Gasteiger partial charge is 0.148 e. The number of hydrogen-bond acceptors (Lipinski definition) is 3. The fraction of sp³-hybridized carbons (Fsp3) is 0.0769. The lowest BCUT2D eigenvalue weighted by Gasteiger charge is -2.10. The van der Waals surface area contributed by atoms with E-state index in [4.69, 9.17) is 16.9 Å². The first kappa shape index (κ1) is 12.3. The van der Waals surface area contributed by atoms with E-state index in [0.717, 1.165) is 0 Å². The SMILES string of the molecule is Cc1cc(Nc2ncccc2C#N)c(Cl)cc1F. The van der Waals surface area contributed by atoms with Crippen LogP contribution in [0.2, 0.25) is 5.02 Å². The standard InChI is InChI=1S/C13H9ClFN3/c1-8-5-12(10(14)6-11(8)15)18-13-9(7-16)3-2-4-17-13/h2-6H,1H3,(H,17,18). The Bertz CT molecular complexity index is 635. The predicted octanol–water partition coefficient (Wildman–Crippen LogP) is 3.80. The number of hydrogen-bond donors (Lipinski definition) is 1. The van der Waals surface area contributed by atoms with E-state index in [2.05, 4.69) is 10.3 Å². The summed E-state index contributed by atoms with van der Waals surface area (Å²) < 4.78 is 13.3. The molecular formula is C13H9ClFN3. The summed E-state index contributed by atoms with van der Waals surface area (Å²) in [5.41, 5.74) is 1.39. The van der Waals surface area contributed by atoms with Gasteiger partial charge < -0.3 is 5.32 Å². The molecule has 0 unspecified atom stereocenters. The molecule has 1 N–H and O–H groups in total. The second-order valence-electron chi connectivity index (χ2n) is 3.72. The molecule has 0 radical (unpaired) electrons. The Hall–Kier alpha value is -2.12. The molecule has 3 nitrogen and oxygen atoms in total. The van der Waals surface area contributed by atoms with Crippen molar-refractivity contribution in [1.29, 1.82) is 5.26 Å². The Labute approximate surface area is 109 Å². The number of nitrogens with one attached hydrogen (secondary N) is 1. The number of aryl methyl sites for hydroxylation is 1. The first-order valence-corrected chi connectivity index (χ1v) is 5.57. The number of halogens is 2. The highest BCUT2D eigenvalue weighted by atomic mass is 35.5. The van der Waals surface area contributed by atoms with Gasteiger partial charge in [-0.25, -0.2) is 9.37 Å². The average Bonchev–Trinajstić information content (AvgIpc) is 2.36. The van der Waals surface area contributed by atoms with Crippen molar-refractivity contribution in [3.8, 4) is 6.07 Å². The Kier molecular flexibility index (Phi) is 3.45. The monoisotopic (exact) mass is 261 g/mol. The number of pyridine rings is 1. The molecule has 0 aliphatic heterocycles. The Morgan fingerprint density at radius 1 is 1.44 bits per heavy atom. The van der Waals surface area contributed by atoms with Crippen LogP contribution in [-0.2, 0) is 0 Å². The first-order valence-electron chi connectivity index (χ1n) is 5.19. The van der Waals surface area contributed by atoms with Crippen molar-refractivity contribution in [2.75, 3.05) is 5.32 Å². The molecular weight excluding hydrogens is 253 g/mol. The molecule has 0 atom stereocenters. The molecule has 0 aliphatic rings. The van der Waals surface area contributed by atoms with Crippen LogP contribution in [0.4, 0.5) is 15.9 Å². The van der Waals surface area contributed by atoms with Crippen molar-refractivity contribution < 1.29 is 4.39 Å². The zero-order valence-corrected chi connectivity index (χ0v) is 10.3. The van der Waals surface area contributed by atoms with Crippen LogP contribution < -0.4 is 5.32 Å². The zero-order chi connectivity index (χ0) is 13.1. The fourth-order valence-electron chi connectivity index (χ4n) is 1.48. The van der Waals surface area contributed by atoms with Crippen LogP contribution in [0.25, 0.3) is 0 Å². The normalized spacial score (nSPS) is 9.89. The van der Waals surface area contributed by atoms with Gasteiger partial charge in [0, 0.05) is 6.20 Å². The third-order valence-electron chi connectivity index (χ3n) is 2.43. The van der Waals surface area contributed by atoms with Gasteiger partial charge in [0.1, 0.15) is 17.7 Å². The van der Waals surface area contributed by atoms with Crippen molar-refractivity contribution in [3.63, 3.8) is 0 Å². The minimum absolute atomic E-state index is 0.243. The molecule has 1 aromatic heterocycles. The first-order chi connectivity index (χ1) is 8.61. The van der Waals surface area contributed by atoms with E-state index in [1.165, 1.54) is 6.07 Å². The van der Waals surface area contributed by atoms with Crippen LogP contribution in [0.1, 0.15) is 11.1 Å². The Morgan fingerprint density at radius 2 is 2.22 bits per heavy atom. The average molecular weight is 262 g/mol. The summed E-state index contributed by atoms with van der Waals surface area (Å²) in [7, 11) is 0. The maximum Gasteiger partial charge on any atom is 0.148 e. The molecule has 1 aromatic carbocycles. The largest absolute Gasteiger partial charge is 0.338 e. The van der Waals surface area contributed by atoms with Crippen LogP contribution in [0, 0.1) is 24.1 Å². The van der Waals surface area contributed by atoms with E-state index in [0.29, 0.717) is 22.6 Å². The molecule has 5 heteroatoms. The third-order valence-corrected chi connectivity index (χ3v) is 2.74.